The van der Waals surface area contributed by atoms with Gasteiger partial charge in [-0.25, -0.2) is 14.5 Å². The first kappa shape index (κ1) is 28.3. The predicted molar refractivity (Wildman–Crippen MR) is 155 cm³/mol. The molecule has 2 aromatic rings. The lowest BCUT2D eigenvalue weighted by molar-refractivity contribution is -0.145. The summed E-state index contributed by atoms with van der Waals surface area (Å²) in [7, 11) is 1.39. The molecule has 7 rings (SSSR count). The number of amides is 4. The fraction of sp³-hybridized carbons (Fsp3) is 0.438. The van der Waals surface area contributed by atoms with Gasteiger partial charge in [-0.05, 0) is 110 Å². The molecule has 4 bridgehead atoms. The summed E-state index contributed by atoms with van der Waals surface area (Å²) in [5, 5.41) is 2.37. The molecule has 0 radical (unpaired) electrons. The molecule has 1 N–H and O–H groups in total. The number of hydrogen-bond donors (Lipinski definition) is 1. The Morgan fingerprint density at radius 2 is 1.69 bits per heavy atom. The van der Waals surface area contributed by atoms with E-state index >= 15 is 0 Å². The molecule has 42 heavy (non-hydrogen) atoms. The molecule has 4 aliphatic carbocycles. The van der Waals surface area contributed by atoms with Crippen LogP contribution in [0.3, 0.4) is 0 Å². The Hall–Kier alpha value is -3.85. The van der Waals surface area contributed by atoms with Crippen molar-refractivity contribution in [2.24, 2.45) is 17.8 Å². The normalized spacial score (nSPS) is 27.3. The smallest absolute Gasteiger partial charge is 0.344 e. The Morgan fingerprint density at radius 1 is 1.05 bits per heavy atom. The van der Waals surface area contributed by atoms with Gasteiger partial charge in [0.2, 0.25) is 0 Å². The van der Waals surface area contributed by atoms with Gasteiger partial charge < -0.3 is 14.2 Å². The molecule has 4 amide bonds. The molecule has 4 saturated carbocycles. The molecule has 9 nitrogen and oxygen atoms in total. The van der Waals surface area contributed by atoms with Crippen LogP contribution in [0.1, 0.15) is 56.6 Å². The summed E-state index contributed by atoms with van der Waals surface area (Å²) < 4.78 is 15.7. The third-order valence-corrected chi connectivity index (χ3v) is 9.36. The van der Waals surface area contributed by atoms with Gasteiger partial charge in [0.25, 0.3) is 11.8 Å². The van der Waals surface area contributed by atoms with Crippen LogP contribution in [0, 0.1) is 17.8 Å². The summed E-state index contributed by atoms with van der Waals surface area (Å²) in [6.07, 6.45) is 9.02. The van der Waals surface area contributed by atoms with E-state index in [0.717, 1.165) is 22.7 Å². The topological polar surface area (TPSA) is 111 Å². The molecule has 1 saturated heterocycles. The van der Waals surface area contributed by atoms with Crippen molar-refractivity contribution in [3.63, 3.8) is 0 Å². The maximum Gasteiger partial charge on any atom is 0.344 e. The summed E-state index contributed by atoms with van der Waals surface area (Å²) in [5.74, 6) is 0.577. The average Bonchev–Trinajstić information content (AvgIpc) is 2.94. The van der Waals surface area contributed by atoms with Gasteiger partial charge in [-0.3, -0.25) is 14.9 Å². The van der Waals surface area contributed by atoms with Gasteiger partial charge >= 0.3 is 12.0 Å². The lowest BCUT2D eigenvalue weighted by Gasteiger charge is -2.57. The van der Waals surface area contributed by atoms with Crippen LogP contribution in [0.15, 0.2) is 42.0 Å². The molecule has 0 unspecified atom stereocenters. The molecule has 5 aliphatic rings. The summed E-state index contributed by atoms with van der Waals surface area (Å²) in [6, 6.07) is 9.87. The third kappa shape index (κ3) is 5.15. The highest BCUT2D eigenvalue weighted by Gasteiger charge is 2.51. The van der Waals surface area contributed by atoms with Crippen molar-refractivity contribution in [1.82, 2.24) is 5.32 Å². The van der Waals surface area contributed by atoms with Crippen LogP contribution in [-0.2, 0) is 24.5 Å². The van der Waals surface area contributed by atoms with Gasteiger partial charge in [-0.15, -0.1) is 0 Å². The molecular formula is C32H33ClN2O7. The van der Waals surface area contributed by atoms with Crippen molar-refractivity contribution in [2.45, 2.75) is 50.9 Å². The number of nitrogens with zero attached hydrogens (tertiary/aromatic N) is 1. The van der Waals surface area contributed by atoms with E-state index in [1.807, 2.05) is 12.1 Å². The van der Waals surface area contributed by atoms with Crippen molar-refractivity contribution in [3.8, 4) is 11.5 Å². The lowest BCUT2D eigenvalue weighted by atomic mass is 9.48. The van der Waals surface area contributed by atoms with E-state index in [4.69, 9.17) is 25.8 Å². The van der Waals surface area contributed by atoms with Crippen LogP contribution < -0.4 is 19.7 Å². The Bertz CT molecular complexity index is 1450. The second-order valence-electron chi connectivity index (χ2n) is 11.8. The van der Waals surface area contributed by atoms with E-state index in [2.05, 4.69) is 5.32 Å². The highest BCUT2D eigenvalue weighted by atomic mass is 35.5. The number of carbonyl (C=O) groups excluding carboxylic acids is 4. The quantitative estimate of drug-likeness (QED) is 0.247. The Morgan fingerprint density at radius 3 is 2.29 bits per heavy atom. The second kappa shape index (κ2) is 11.1. The number of benzene rings is 2. The van der Waals surface area contributed by atoms with Gasteiger partial charge in [0.1, 0.15) is 5.57 Å². The van der Waals surface area contributed by atoms with E-state index in [9.17, 15) is 19.2 Å². The molecule has 0 spiro atoms. The van der Waals surface area contributed by atoms with Crippen molar-refractivity contribution in [2.75, 3.05) is 25.2 Å². The number of imide groups is 2. The minimum Gasteiger partial charge on any atom is -0.493 e. The number of methoxy groups -OCH3 is 1. The highest BCUT2D eigenvalue weighted by molar-refractivity contribution is 6.39. The molecule has 2 aromatic carbocycles. The van der Waals surface area contributed by atoms with Gasteiger partial charge in [0, 0.05) is 0 Å². The SMILES string of the molecule is CCOC(=O)COc1c(Cl)cc(/C=C2\C(=O)NC(=O)N(c3ccc(C45CC6CC(CC(C6)C4)C5)cc3)C2=O)cc1OC. The van der Waals surface area contributed by atoms with Gasteiger partial charge in [0.05, 0.1) is 24.4 Å². The zero-order chi connectivity index (χ0) is 29.6. The number of halogens is 1. The average molecular weight is 593 g/mol. The number of urea groups is 1. The minimum absolute atomic E-state index is 0.0994. The zero-order valence-electron chi connectivity index (χ0n) is 23.6. The molecule has 0 aromatic heterocycles. The van der Waals surface area contributed by atoms with Gasteiger partial charge in [-0.2, -0.15) is 0 Å². The third-order valence-electron chi connectivity index (χ3n) is 9.08. The zero-order valence-corrected chi connectivity index (χ0v) is 24.4. The maximum atomic E-state index is 13.5. The summed E-state index contributed by atoms with van der Waals surface area (Å²) in [5.41, 5.74) is 1.98. The van der Waals surface area contributed by atoms with Crippen molar-refractivity contribution in [3.05, 3.63) is 58.1 Å². The van der Waals surface area contributed by atoms with Crippen LogP contribution in [0.25, 0.3) is 6.08 Å². The van der Waals surface area contributed by atoms with E-state index < -0.39 is 23.8 Å². The van der Waals surface area contributed by atoms with Crippen molar-refractivity contribution < 1.29 is 33.4 Å². The number of ether oxygens (including phenoxy) is 3. The summed E-state index contributed by atoms with van der Waals surface area (Å²) in [4.78, 5) is 51.8. The number of anilines is 1. The van der Waals surface area contributed by atoms with E-state index in [-0.39, 0.29) is 40.7 Å². The number of barbiturate groups is 1. The van der Waals surface area contributed by atoms with Crippen LogP contribution in [-0.4, -0.2) is 44.1 Å². The molecular weight excluding hydrogens is 560 g/mol. The number of esters is 1. The molecule has 0 atom stereocenters. The Kier molecular flexibility index (Phi) is 7.47. The maximum absolute atomic E-state index is 13.5. The first-order valence-corrected chi connectivity index (χ1v) is 14.8. The number of rotatable bonds is 8. The van der Waals surface area contributed by atoms with Crippen molar-refractivity contribution >= 4 is 47.2 Å². The highest BCUT2D eigenvalue weighted by Crippen LogP contribution is 2.60. The summed E-state index contributed by atoms with van der Waals surface area (Å²) >= 11 is 6.40. The molecule has 220 valence electrons. The fourth-order valence-corrected chi connectivity index (χ4v) is 8.06. The summed E-state index contributed by atoms with van der Waals surface area (Å²) in [6.45, 7) is 1.52. The number of carbonyl (C=O) groups is 4. The van der Waals surface area contributed by atoms with E-state index in [1.165, 1.54) is 69.4 Å². The van der Waals surface area contributed by atoms with Crippen LogP contribution in [0.5, 0.6) is 11.5 Å². The first-order valence-electron chi connectivity index (χ1n) is 14.4. The molecule has 1 heterocycles. The Labute approximate surface area is 249 Å². The van der Waals surface area contributed by atoms with Crippen molar-refractivity contribution in [1.29, 1.82) is 0 Å². The lowest BCUT2D eigenvalue weighted by Crippen LogP contribution is -2.54. The second-order valence-corrected chi connectivity index (χ2v) is 12.2. The minimum atomic E-state index is -0.816. The number of hydrogen-bond acceptors (Lipinski definition) is 7. The fourth-order valence-electron chi connectivity index (χ4n) is 7.78. The van der Waals surface area contributed by atoms with Crippen LogP contribution in [0.4, 0.5) is 10.5 Å². The predicted octanol–water partition coefficient (Wildman–Crippen LogP) is 5.42. The molecule has 10 heteroatoms. The standard InChI is InChI=1S/C32H33ClN2O7/c1-3-41-27(36)17-42-28-25(33)12-18(13-26(28)40-2)11-24-29(37)34-31(39)35(30(24)38)23-6-4-22(5-7-23)32-14-19-8-20(15-32)10-21(9-19)16-32/h4-7,11-13,19-21H,3,8-10,14-17H2,1-2H3,(H,34,37,39)/b24-11+. The van der Waals surface area contributed by atoms with Gasteiger partial charge in [0.15, 0.2) is 18.1 Å². The Balaban J connectivity index is 1.24. The monoisotopic (exact) mass is 592 g/mol. The van der Waals surface area contributed by atoms with Crippen LogP contribution >= 0.6 is 11.6 Å². The first-order chi connectivity index (χ1) is 20.2. The van der Waals surface area contributed by atoms with Gasteiger partial charge in [-0.1, -0.05) is 23.7 Å². The molecule has 1 aliphatic heterocycles. The van der Waals surface area contributed by atoms with E-state index in [0.29, 0.717) is 11.3 Å². The number of nitrogens with one attached hydrogen (secondary N) is 1. The molecule has 5 fully saturated rings. The van der Waals surface area contributed by atoms with Crippen LogP contribution in [0.2, 0.25) is 5.02 Å². The largest absolute Gasteiger partial charge is 0.493 e. The van der Waals surface area contributed by atoms with E-state index in [1.54, 1.807) is 19.1 Å².